The molecule has 0 amide bonds. The second kappa shape index (κ2) is 10.0. The van der Waals surface area contributed by atoms with Crippen molar-refractivity contribution < 1.29 is 0 Å². The van der Waals surface area contributed by atoms with Gasteiger partial charge in [-0.1, -0.05) is 109 Å². The lowest BCUT2D eigenvalue weighted by molar-refractivity contribution is 1.18. The zero-order valence-electron chi connectivity index (χ0n) is 22.6. The monoisotopic (exact) mass is 536 g/mol. The van der Waals surface area contributed by atoms with Crippen LogP contribution in [0.5, 0.6) is 0 Å². The lowest BCUT2D eigenvalue weighted by Gasteiger charge is -2.09. The SMILES string of the molecule is c1ccc(-c2ccc3ccc4ccc(-c5cccc(-c6ncc(-c7ccc8ccccc8c7)cn6)c5)nc4c3n2)cc1. The summed E-state index contributed by atoms with van der Waals surface area (Å²) in [5, 5.41) is 4.56. The molecule has 0 spiro atoms. The lowest BCUT2D eigenvalue weighted by Crippen LogP contribution is -1.92. The predicted octanol–water partition coefficient (Wildman–Crippen LogP) is 9.39. The molecule has 0 saturated heterocycles. The Labute approximate surface area is 243 Å². The molecule has 0 aliphatic carbocycles. The number of rotatable bonds is 4. The largest absolute Gasteiger partial charge is 0.245 e. The maximum atomic E-state index is 5.12. The van der Waals surface area contributed by atoms with E-state index in [0.717, 1.165) is 61.0 Å². The van der Waals surface area contributed by atoms with Crippen LogP contribution in [-0.2, 0) is 0 Å². The van der Waals surface area contributed by atoms with Crippen molar-refractivity contribution in [1.82, 2.24) is 19.9 Å². The third-order valence-electron chi connectivity index (χ3n) is 7.74. The number of fused-ring (bicyclic) bond motifs is 4. The van der Waals surface area contributed by atoms with Crippen molar-refractivity contribution in [3.8, 4) is 45.0 Å². The predicted molar refractivity (Wildman–Crippen MR) is 172 cm³/mol. The highest BCUT2D eigenvalue weighted by Gasteiger charge is 2.11. The van der Waals surface area contributed by atoms with Gasteiger partial charge in [-0.25, -0.2) is 19.9 Å². The first-order valence-corrected chi connectivity index (χ1v) is 14.0. The molecule has 3 aromatic heterocycles. The first kappa shape index (κ1) is 24.1. The van der Waals surface area contributed by atoms with Gasteiger partial charge >= 0.3 is 0 Å². The molecule has 4 nitrogen and oxygen atoms in total. The van der Waals surface area contributed by atoms with Gasteiger partial charge in [0.05, 0.1) is 22.4 Å². The molecule has 8 rings (SSSR count). The van der Waals surface area contributed by atoms with Crippen LogP contribution in [0.25, 0.3) is 77.6 Å². The smallest absolute Gasteiger partial charge is 0.159 e. The van der Waals surface area contributed by atoms with E-state index in [4.69, 9.17) is 19.9 Å². The minimum atomic E-state index is 0.682. The summed E-state index contributed by atoms with van der Waals surface area (Å²) in [6.45, 7) is 0. The van der Waals surface area contributed by atoms with Crippen molar-refractivity contribution in [2.45, 2.75) is 0 Å². The van der Waals surface area contributed by atoms with Crippen LogP contribution in [0, 0.1) is 0 Å². The third-order valence-corrected chi connectivity index (χ3v) is 7.74. The van der Waals surface area contributed by atoms with Crippen LogP contribution in [0.1, 0.15) is 0 Å². The molecule has 0 fully saturated rings. The summed E-state index contributed by atoms with van der Waals surface area (Å²) in [6, 6.07) is 45.9. The van der Waals surface area contributed by atoms with E-state index in [1.165, 1.54) is 10.8 Å². The second-order valence-electron chi connectivity index (χ2n) is 10.4. The molecule has 0 bridgehead atoms. The summed E-state index contributed by atoms with van der Waals surface area (Å²) >= 11 is 0. The molecule has 42 heavy (non-hydrogen) atoms. The van der Waals surface area contributed by atoms with Gasteiger partial charge in [-0.3, -0.25) is 0 Å². The zero-order valence-corrected chi connectivity index (χ0v) is 22.6. The Morgan fingerprint density at radius 2 is 0.905 bits per heavy atom. The fourth-order valence-electron chi connectivity index (χ4n) is 5.51. The number of hydrogen-bond acceptors (Lipinski definition) is 4. The Balaban J connectivity index is 1.15. The van der Waals surface area contributed by atoms with Gasteiger partial charge in [-0.15, -0.1) is 0 Å². The van der Waals surface area contributed by atoms with E-state index in [1.54, 1.807) is 0 Å². The molecule has 4 heteroatoms. The van der Waals surface area contributed by atoms with E-state index >= 15 is 0 Å². The molecule has 5 aromatic carbocycles. The molecule has 8 aromatic rings. The highest BCUT2D eigenvalue weighted by Crippen LogP contribution is 2.30. The van der Waals surface area contributed by atoms with Gasteiger partial charge in [0, 0.05) is 45.4 Å². The van der Waals surface area contributed by atoms with Crippen LogP contribution in [0.15, 0.2) is 146 Å². The normalized spacial score (nSPS) is 11.3. The summed E-state index contributed by atoms with van der Waals surface area (Å²) < 4.78 is 0. The van der Waals surface area contributed by atoms with Crippen LogP contribution in [0.2, 0.25) is 0 Å². The van der Waals surface area contributed by atoms with Crippen molar-refractivity contribution in [1.29, 1.82) is 0 Å². The van der Waals surface area contributed by atoms with Crippen molar-refractivity contribution >= 4 is 32.6 Å². The third kappa shape index (κ3) is 4.36. The first-order valence-electron chi connectivity index (χ1n) is 14.0. The summed E-state index contributed by atoms with van der Waals surface area (Å²) in [4.78, 5) is 19.6. The summed E-state index contributed by atoms with van der Waals surface area (Å²) in [5.41, 5.74) is 8.76. The number of benzene rings is 5. The van der Waals surface area contributed by atoms with Crippen molar-refractivity contribution in [3.05, 3.63) is 146 Å². The van der Waals surface area contributed by atoms with Crippen LogP contribution in [0.4, 0.5) is 0 Å². The molecular weight excluding hydrogens is 512 g/mol. The molecule has 196 valence electrons. The fraction of sp³-hybridized carbons (Fsp3) is 0. The Bertz CT molecular complexity index is 2240. The quantitative estimate of drug-likeness (QED) is 0.210. The van der Waals surface area contributed by atoms with E-state index < -0.39 is 0 Å². The molecule has 0 radical (unpaired) electrons. The van der Waals surface area contributed by atoms with Crippen LogP contribution in [0.3, 0.4) is 0 Å². The van der Waals surface area contributed by atoms with Gasteiger partial charge in [-0.05, 0) is 40.6 Å². The van der Waals surface area contributed by atoms with Gasteiger partial charge in [0.25, 0.3) is 0 Å². The lowest BCUT2D eigenvalue weighted by atomic mass is 10.0. The molecule has 0 aliphatic rings. The Morgan fingerprint density at radius 3 is 1.64 bits per heavy atom. The first-order chi connectivity index (χ1) is 20.8. The fourth-order valence-corrected chi connectivity index (χ4v) is 5.51. The molecule has 0 saturated carbocycles. The van der Waals surface area contributed by atoms with Gasteiger partial charge in [-0.2, -0.15) is 0 Å². The topological polar surface area (TPSA) is 51.6 Å². The zero-order chi connectivity index (χ0) is 27.9. The average Bonchev–Trinajstić information content (AvgIpc) is 3.08. The Morgan fingerprint density at radius 1 is 0.333 bits per heavy atom. The minimum Gasteiger partial charge on any atom is -0.245 e. The van der Waals surface area contributed by atoms with Crippen molar-refractivity contribution in [2.75, 3.05) is 0 Å². The van der Waals surface area contributed by atoms with E-state index in [0.29, 0.717) is 5.82 Å². The second-order valence-corrected chi connectivity index (χ2v) is 10.4. The van der Waals surface area contributed by atoms with Gasteiger partial charge in [0.1, 0.15) is 0 Å². The molecule has 0 atom stereocenters. The minimum absolute atomic E-state index is 0.682. The highest BCUT2D eigenvalue weighted by atomic mass is 14.9. The average molecular weight is 537 g/mol. The standard InChI is InChI=1S/C38H24N4/c1-2-8-26(9-3-1)34-19-17-27-14-15-28-18-20-35(42-37(28)36(27)41-34)31-11-6-12-32(22-31)38-39-23-33(24-40-38)30-16-13-25-7-4-5-10-29(25)21-30/h1-24H. The Hall–Kier alpha value is -5.74. The van der Waals surface area contributed by atoms with Gasteiger partial charge in [0.2, 0.25) is 0 Å². The number of pyridine rings is 2. The van der Waals surface area contributed by atoms with Gasteiger partial charge < -0.3 is 0 Å². The summed E-state index contributed by atoms with van der Waals surface area (Å²) in [7, 11) is 0. The number of nitrogens with zero attached hydrogens (tertiary/aromatic N) is 4. The maximum Gasteiger partial charge on any atom is 0.159 e. The summed E-state index contributed by atoms with van der Waals surface area (Å²) in [5.74, 6) is 0.682. The number of aromatic nitrogens is 4. The molecule has 0 aliphatic heterocycles. The highest BCUT2D eigenvalue weighted by molar-refractivity contribution is 6.04. The Kier molecular flexibility index (Phi) is 5.75. The molecule has 0 N–H and O–H groups in total. The molecular formula is C38H24N4. The van der Waals surface area contributed by atoms with E-state index in [2.05, 4.69) is 103 Å². The molecule has 3 heterocycles. The van der Waals surface area contributed by atoms with E-state index in [-0.39, 0.29) is 0 Å². The van der Waals surface area contributed by atoms with Gasteiger partial charge in [0.15, 0.2) is 5.82 Å². The van der Waals surface area contributed by atoms with Crippen LogP contribution in [-0.4, -0.2) is 19.9 Å². The van der Waals surface area contributed by atoms with E-state index in [1.807, 2.05) is 42.7 Å². The van der Waals surface area contributed by atoms with Crippen molar-refractivity contribution in [2.24, 2.45) is 0 Å². The summed E-state index contributed by atoms with van der Waals surface area (Å²) in [6.07, 6.45) is 3.80. The molecule has 0 unspecified atom stereocenters. The van der Waals surface area contributed by atoms with E-state index in [9.17, 15) is 0 Å². The maximum absolute atomic E-state index is 5.12. The van der Waals surface area contributed by atoms with Crippen molar-refractivity contribution in [3.63, 3.8) is 0 Å². The van der Waals surface area contributed by atoms with Crippen LogP contribution >= 0.6 is 0 Å². The number of hydrogen-bond donors (Lipinski definition) is 0. The van der Waals surface area contributed by atoms with Crippen LogP contribution < -0.4 is 0 Å².